The Labute approximate surface area is 91.3 Å². The first-order valence-corrected chi connectivity index (χ1v) is 5.24. The molecular formula is C12H20N2O. The highest BCUT2D eigenvalue weighted by atomic mass is 16.2. The van der Waals surface area contributed by atoms with Crippen LogP contribution in [0.4, 0.5) is 0 Å². The van der Waals surface area contributed by atoms with Gasteiger partial charge in [0.15, 0.2) is 0 Å². The fourth-order valence-electron chi connectivity index (χ4n) is 1.41. The minimum Gasteiger partial charge on any atom is -0.362 e. The molecular weight excluding hydrogens is 188 g/mol. The van der Waals surface area contributed by atoms with E-state index < -0.39 is 0 Å². The van der Waals surface area contributed by atoms with Crippen LogP contribution in [0.3, 0.4) is 0 Å². The van der Waals surface area contributed by atoms with Gasteiger partial charge in [0, 0.05) is 23.3 Å². The van der Waals surface area contributed by atoms with Crippen LogP contribution < -0.4 is 5.32 Å². The summed E-state index contributed by atoms with van der Waals surface area (Å²) in [7, 11) is 0. The molecule has 84 valence electrons. The predicted molar refractivity (Wildman–Crippen MR) is 61.6 cm³/mol. The monoisotopic (exact) mass is 208 g/mol. The van der Waals surface area contributed by atoms with Crippen molar-refractivity contribution < 1.29 is 4.79 Å². The lowest BCUT2D eigenvalue weighted by atomic mass is 9.95. The molecule has 0 unspecified atom stereocenters. The Bertz CT molecular complexity index is 358. The molecule has 1 heterocycles. The maximum Gasteiger partial charge on any atom is 0.225 e. The van der Waals surface area contributed by atoms with E-state index in [0.29, 0.717) is 6.54 Å². The van der Waals surface area contributed by atoms with Gasteiger partial charge in [0.05, 0.1) is 0 Å². The molecule has 2 N–H and O–H groups in total. The van der Waals surface area contributed by atoms with Crippen molar-refractivity contribution in [3.8, 4) is 0 Å². The topological polar surface area (TPSA) is 44.9 Å². The summed E-state index contributed by atoms with van der Waals surface area (Å²) in [4.78, 5) is 14.9. The first-order chi connectivity index (χ1) is 6.80. The van der Waals surface area contributed by atoms with E-state index in [-0.39, 0.29) is 11.3 Å². The van der Waals surface area contributed by atoms with Gasteiger partial charge >= 0.3 is 0 Å². The van der Waals surface area contributed by atoms with Crippen LogP contribution >= 0.6 is 0 Å². The molecule has 1 rings (SSSR count). The average Bonchev–Trinajstić information content (AvgIpc) is 2.39. The molecule has 0 aliphatic heterocycles. The van der Waals surface area contributed by atoms with E-state index in [9.17, 15) is 4.79 Å². The third kappa shape index (κ3) is 3.11. The molecule has 0 saturated carbocycles. The summed E-state index contributed by atoms with van der Waals surface area (Å²) in [6.07, 6.45) is 0. The number of nitrogens with one attached hydrogen (secondary N) is 2. The summed E-state index contributed by atoms with van der Waals surface area (Å²) in [5.74, 6) is 0.0840. The van der Waals surface area contributed by atoms with Crippen LogP contribution in [-0.2, 0) is 11.3 Å². The minimum atomic E-state index is -0.320. The lowest BCUT2D eigenvalue weighted by Crippen LogP contribution is -2.34. The first kappa shape index (κ1) is 11.8. The average molecular weight is 208 g/mol. The Morgan fingerprint density at radius 3 is 2.40 bits per heavy atom. The van der Waals surface area contributed by atoms with Crippen LogP contribution in [0.5, 0.6) is 0 Å². The number of carbonyl (C=O) groups excluding carboxylic acids is 1. The van der Waals surface area contributed by atoms with Crippen molar-refractivity contribution >= 4 is 5.91 Å². The van der Waals surface area contributed by atoms with Crippen molar-refractivity contribution in [3.63, 3.8) is 0 Å². The second-order valence-electron chi connectivity index (χ2n) is 5.04. The summed E-state index contributed by atoms with van der Waals surface area (Å²) in [5, 5.41) is 2.93. The number of rotatable bonds is 2. The lowest BCUT2D eigenvalue weighted by molar-refractivity contribution is -0.128. The number of carbonyl (C=O) groups is 1. The number of amides is 1. The number of hydrogen-bond donors (Lipinski definition) is 2. The molecule has 15 heavy (non-hydrogen) atoms. The highest BCUT2D eigenvalue weighted by molar-refractivity contribution is 5.81. The van der Waals surface area contributed by atoms with Crippen LogP contribution in [0.25, 0.3) is 0 Å². The summed E-state index contributed by atoms with van der Waals surface area (Å²) in [6, 6.07) is 2.07. The third-order valence-electron chi connectivity index (χ3n) is 2.38. The largest absolute Gasteiger partial charge is 0.362 e. The summed E-state index contributed by atoms with van der Waals surface area (Å²) >= 11 is 0. The standard InChI is InChI=1S/C12H20N2O/c1-8-6-10(9(2)14-8)7-13-11(15)12(3,4)5/h6,14H,7H2,1-5H3,(H,13,15). The van der Waals surface area contributed by atoms with Crippen molar-refractivity contribution in [1.82, 2.24) is 10.3 Å². The Balaban J connectivity index is 2.58. The zero-order valence-electron chi connectivity index (χ0n) is 10.2. The van der Waals surface area contributed by atoms with Crippen LogP contribution in [0.1, 0.15) is 37.7 Å². The zero-order chi connectivity index (χ0) is 11.6. The molecule has 0 radical (unpaired) electrons. The fourth-order valence-corrected chi connectivity index (χ4v) is 1.41. The van der Waals surface area contributed by atoms with E-state index in [4.69, 9.17) is 0 Å². The minimum absolute atomic E-state index is 0.0840. The van der Waals surface area contributed by atoms with Crippen molar-refractivity contribution in [3.05, 3.63) is 23.0 Å². The molecule has 0 fully saturated rings. The van der Waals surface area contributed by atoms with E-state index in [1.54, 1.807) is 0 Å². The van der Waals surface area contributed by atoms with Crippen molar-refractivity contribution in [1.29, 1.82) is 0 Å². The molecule has 1 aromatic heterocycles. The van der Waals surface area contributed by atoms with E-state index in [0.717, 1.165) is 17.0 Å². The molecule has 0 aliphatic carbocycles. The smallest absolute Gasteiger partial charge is 0.225 e. The van der Waals surface area contributed by atoms with Gasteiger partial charge in [-0.1, -0.05) is 20.8 Å². The molecule has 3 heteroatoms. The van der Waals surface area contributed by atoms with Crippen molar-refractivity contribution in [2.45, 2.75) is 41.2 Å². The first-order valence-electron chi connectivity index (χ1n) is 5.24. The predicted octanol–water partition coefficient (Wildman–Crippen LogP) is 2.29. The number of aromatic amines is 1. The van der Waals surface area contributed by atoms with Gasteiger partial charge < -0.3 is 10.3 Å². The van der Waals surface area contributed by atoms with Gasteiger partial charge in [0.2, 0.25) is 5.91 Å². The molecule has 0 aliphatic rings. The molecule has 0 saturated heterocycles. The number of H-pyrrole nitrogens is 1. The van der Waals surface area contributed by atoms with Crippen molar-refractivity contribution in [2.75, 3.05) is 0 Å². The summed E-state index contributed by atoms with van der Waals surface area (Å²) in [6.45, 7) is 10.4. The number of hydrogen-bond acceptors (Lipinski definition) is 1. The van der Waals surface area contributed by atoms with Gasteiger partial charge in [-0.15, -0.1) is 0 Å². The third-order valence-corrected chi connectivity index (χ3v) is 2.38. The maximum absolute atomic E-state index is 11.6. The highest BCUT2D eigenvalue weighted by Gasteiger charge is 2.20. The Hall–Kier alpha value is -1.25. The maximum atomic E-state index is 11.6. The molecule has 1 aromatic rings. The van der Waals surface area contributed by atoms with E-state index in [1.165, 1.54) is 0 Å². The van der Waals surface area contributed by atoms with Crippen LogP contribution in [-0.4, -0.2) is 10.9 Å². The quantitative estimate of drug-likeness (QED) is 0.769. The Morgan fingerprint density at radius 1 is 1.40 bits per heavy atom. The second kappa shape index (κ2) is 4.09. The molecule has 1 amide bonds. The Morgan fingerprint density at radius 2 is 2.00 bits per heavy atom. The molecule has 0 spiro atoms. The van der Waals surface area contributed by atoms with Gasteiger partial charge in [-0.25, -0.2) is 0 Å². The molecule has 0 bridgehead atoms. The molecule has 0 atom stereocenters. The van der Waals surface area contributed by atoms with Crippen LogP contribution in [0.15, 0.2) is 6.07 Å². The number of aryl methyl sites for hydroxylation is 2. The number of aromatic nitrogens is 1. The summed E-state index contributed by atoms with van der Waals surface area (Å²) < 4.78 is 0. The SMILES string of the molecule is Cc1cc(CNC(=O)C(C)(C)C)c(C)[nH]1. The van der Waals surface area contributed by atoms with Gasteiger partial charge in [-0.2, -0.15) is 0 Å². The van der Waals surface area contributed by atoms with Gasteiger partial charge in [-0.3, -0.25) is 4.79 Å². The van der Waals surface area contributed by atoms with E-state index >= 15 is 0 Å². The fraction of sp³-hybridized carbons (Fsp3) is 0.583. The summed E-state index contributed by atoms with van der Waals surface area (Å²) in [5.41, 5.74) is 3.10. The van der Waals surface area contributed by atoms with Gasteiger partial charge in [0.25, 0.3) is 0 Å². The van der Waals surface area contributed by atoms with Gasteiger partial charge in [-0.05, 0) is 25.5 Å². The highest BCUT2D eigenvalue weighted by Crippen LogP contribution is 2.14. The van der Waals surface area contributed by atoms with E-state index in [2.05, 4.69) is 16.4 Å². The van der Waals surface area contributed by atoms with Crippen LogP contribution in [0.2, 0.25) is 0 Å². The van der Waals surface area contributed by atoms with Crippen LogP contribution in [0, 0.1) is 19.3 Å². The molecule has 3 nitrogen and oxygen atoms in total. The normalized spacial score (nSPS) is 11.5. The molecule has 0 aromatic carbocycles. The zero-order valence-corrected chi connectivity index (χ0v) is 10.2. The lowest BCUT2D eigenvalue weighted by Gasteiger charge is -2.17. The van der Waals surface area contributed by atoms with Crippen molar-refractivity contribution in [2.24, 2.45) is 5.41 Å². The van der Waals surface area contributed by atoms with E-state index in [1.807, 2.05) is 34.6 Å². The second-order valence-corrected chi connectivity index (χ2v) is 5.04. The van der Waals surface area contributed by atoms with Gasteiger partial charge in [0.1, 0.15) is 0 Å². The Kier molecular flexibility index (Phi) is 3.22.